The standard InChI is InChI=1S/C17H23BrN2O/c1-11-6-15(10-20(11)16-2-3-16)19-9-13-8-14(18)7-12-4-5-21-17(12)13/h7-8,11,15-16,19H,2-6,9-10H2,1H3. The second-order valence-corrected chi connectivity index (χ2v) is 7.66. The van der Waals surface area contributed by atoms with Gasteiger partial charge in [-0.3, -0.25) is 4.90 Å². The number of fused-ring (bicyclic) bond motifs is 1. The first kappa shape index (κ1) is 14.0. The van der Waals surface area contributed by atoms with Crippen molar-refractivity contribution in [1.82, 2.24) is 10.2 Å². The van der Waals surface area contributed by atoms with Gasteiger partial charge in [0.1, 0.15) is 5.75 Å². The molecule has 0 aromatic heterocycles. The summed E-state index contributed by atoms with van der Waals surface area (Å²) >= 11 is 3.62. The maximum absolute atomic E-state index is 5.82. The molecule has 1 saturated carbocycles. The van der Waals surface area contributed by atoms with Crippen molar-refractivity contribution in [3.8, 4) is 5.75 Å². The Hall–Kier alpha value is -0.580. The zero-order valence-electron chi connectivity index (χ0n) is 12.6. The van der Waals surface area contributed by atoms with Crippen molar-refractivity contribution < 1.29 is 4.74 Å². The van der Waals surface area contributed by atoms with Crippen molar-refractivity contribution in [3.63, 3.8) is 0 Å². The third-order valence-electron chi connectivity index (χ3n) is 5.05. The fourth-order valence-electron chi connectivity index (χ4n) is 3.85. The van der Waals surface area contributed by atoms with Gasteiger partial charge in [0.05, 0.1) is 6.61 Å². The molecule has 21 heavy (non-hydrogen) atoms. The lowest BCUT2D eigenvalue weighted by Gasteiger charge is -2.20. The Balaban J connectivity index is 1.41. The van der Waals surface area contributed by atoms with Crippen LogP contribution in [-0.4, -0.2) is 36.2 Å². The summed E-state index contributed by atoms with van der Waals surface area (Å²) < 4.78 is 6.99. The van der Waals surface area contributed by atoms with Crippen molar-refractivity contribution in [2.75, 3.05) is 13.2 Å². The number of nitrogens with one attached hydrogen (secondary N) is 1. The average Bonchev–Trinajstić information content (AvgIpc) is 3.07. The normalized spacial score (nSPS) is 28.7. The second kappa shape index (κ2) is 5.56. The van der Waals surface area contributed by atoms with Gasteiger partial charge < -0.3 is 10.1 Å². The summed E-state index contributed by atoms with van der Waals surface area (Å²) in [5.74, 6) is 1.12. The maximum Gasteiger partial charge on any atom is 0.127 e. The minimum absolute atomic E-state index is 0.622. The average molecular weight is 351 g/mol. The zero-order chi connectivity index (χ0) is 14.4. The summed E-state index contributed by atoms with van der Waals surface area (Å²) in [6.45, 7) is 5.33. The Kier molecular flexibility index (Phi) is 3.72. The van der Waals surface area contributed by atoms with E-state index in [4.69, 9.17) is 4.74 Å². The van der Waals surface area contributed by atoms with Crippen LogP contribution in [0.15, 0.2) is 16.6 Å². The molecule has 2 atom stereocenters. The molecular formula is C17H23BrN2O. The lowest BCUT2D eigenvalue weighted by molar-refractivity contribution is 0.255. The molecule has 0 spiro atoms. The van der Waals surface area contributed by atoms with Crippen molar-refractivity contribution in [2.45, 2.75) is 57.3 Å². The summed E-state index contributed by atoms with van der Waals surface area (Å²) in [4.78, 5) is 2.69. The minimum Gasteiger partial charge on any atom is -0.493 e. The van der Waals surface area contributed by atoms with Gasteiger partial charge in [-0.25, -0.2) is 0 Å². The molecule has 1 saturated heterocycles. The molecule has 0 amide bonds. The first-order valence-electron chi connectivity index (χ1n) is 8.14. The van der Waals surface area contributed by atoms with E-state index in [0.717, 1.165) is 37.4 Å². The van der Waals surface area contributed by atoms with Gasteiger partial charge in [-0.05, 0) is 43.9 Å². The predicted octanol–water partition coefficient (Wildman–Crippen LogP) is 3.10. The van der Waals surface area contributed by atoms with Crippen LogP contribution in [0.4, 0.5) is 0 Å². The Labute approximate surface area is 135 Å². The van der Waals surface area contributed by atoms with E-state index in [1.807, 2.05) is 0 Å². The Morgan fingerprint density at radius 3 is 3.05 bits per heavy atom. The zero-order valence-corrected chi connectivity index (χ0v) is 14.2. The Morgan fingerprint density at radius 1 is 1.38 bits per heavy atom. The molecule has 1 aromatic carbocycles. The number of rotatable bonds is 4. The molecule has 0 radical (unpaired) electrons. The van der Waals surface area contributed by atoms with Gasteiger partial charge in [-0.1, -0.05) is 15.9 Å². The van der Waals surface area contributed by atoms with Crippen LogP contribution in [-0.2, 0) is 13.0 Å². The van der Waals surface area contributed by atoms with Crippen molar-refractivity contribution in [3.05, 3.63) is 27.7 Å². The second-order valence-electron chi connectivity index (χ2n) is 6.74. The summed E-state index contributed by atoms with van der Waals surface area (Å²) in [6, 6.07) is 6.63. The van der Waals surface area contributed by atoms with Crippen LogP contribution < -0.4 is 10.1 Å². The van der Waals surface area contributed by atoms with E-state index in [0.29, 0.717) is 6.04 Å². The smallest absolute Gasteiger partial charge is 0.127 e. The number of ether oxygens (including phenoxy) is 1. The molecule has 4 heteroatoms. The molecule has 114 valence electrons. The van der Waals surface area contributed by atoms with E-state index < -0.39 is 0 Å². The lowest BCUT2D eigenvalue weighted by Crippen LogP contribution is -2.33. The summed E-state index contributed by atoms with van der Waals surface area (Å²) in [5.41, 5.74) is 2.65. The van der Waals surface area contributed by atoms with Gasteiger partial charge in [-0.2, -0.15) is 0 Å². The molecular weight excluding hydrogens is 328 g/mol. The largest absolute Gasteiger partial charge is 0.493 e. The number of benzene rings is 1. The van der Waals surface area contributed by atoms with E-state index in [1.165, 1.54) is 41.4 Å². The molecule has 3 nitrogen and oxygen atoms in total. The molecule has 1 N–H and O–H groups in total. The molecule has 1 aliphatic carbocycles. The Morgan fingerprint density at radius 2 is 2.24 bits per heavy atom. The molecule has 2 heterocycles. The highest BCUT2D eigenvalue weighted by Gasteiger charge is 2.38. The fourth-order valence-corrected chi connectivity index (χ4v) is 4.40. The lowest BCUT2D eigenvalue weighted by atomic mass is 10.1. The molecule has 2 fully saturated rings. The first-order valence-corrected chi connectivity index (χ1v) is 8.93. The van der Waals surface area contributed by atoms with Gasteiger partial charge >= 0.3 is 0 Å². The quantitative estimate of drug-likeness (QED) is 0.902. The third kappa shape index (κ3) is 2.86. The number of nitrogens with zero attached hydrogens (tertiary/aromatic N) is 1. The summed E-state index contributed by atoms with van der Waals surface area (Å²) in [6.07, 6.45) is 5.12. The van der Waals surface area contributed by atoms with E-state index >= 15 is 0 Å². The molecule has 2 unspecified atom stereocenters. The van der Waals surface area contributed by atoms with Crippen LogP contribution in [0.2, 0.25) is 0 Å². The van der Waals surface area contributed by atoms with Crippen molar-refractivity contribution in [2.24, 2.45) is 0 Å². The van der Waals surface area contributed by atoms with Gasteiger partial charge in [0.2, 0.25) is 0 Å². The highest BCUT2D eigenvalue weighted by atomic mass is 79.9. The monoisotopic (exact) mass is 350 g/mol. The van der Waals surface area contributed by atoms with E-state index in [1.54, 1.807) is 0 Å². The topological polar surface area (TPSA) is 24.5 Å². The van der Waals surface area contributed by atoms with E-state index in [2.05, 4.69) is 45.2 Å². The van der Waals surface area contributed by atoms with Crippen LogP contribution in [0, 0.1) is 0 Å². The van der Waals surface area contributed by atoms with Crippen LogP contribution in [0.25, 0.3) is 0 Å². The fraction of sp³-hybridized carbons (Fsp3) is 0.647. The van der Waals surface area contributed by atoms with E-state index in [-0.39, 0.29) is 0 Å². The molecule has 1 aromatic rings. The van der Waals surface area contributed by atoms with Crippen LogP contribution in [0.1, 0.15) is 37.3 Å². The van der Waals surface area contributed by atoms with Crippen LogP contribution >= 0.6 is 15.9 Å². The van der Waals surface area contributed by atoms with Crippen LogP contribution in [0.3, 0.4) is 0 Å². The van der Waals surface area contributed by atoms with Gasteiger partial charge in [0, 0.05) is 47.7 Å². The predicted molar refractivity (Wildman–Crippen MR) is 87.8 cm³/mol. The molecule has 3 aliphatic rings. The van der Waals surface area contributed by atoms with Gasteiger partial charge in [0.15, 0.2) is 0 Å². The van der Waals surface area contributed by atoms with Crippen molar-refractivity contribution in [1.29, 1.82) is 0 Å². The van der Waals surface area contributed by atoms with Gasteiger partial charge in [0.25, 0.3) is 0 Å². The molecule has 0 bridgehead atoms. The molecule has 4 rings (SSSR count). The highest BCUT2D eigenvalue weighted by Crippen LogP contribution is 2.35. The van der Waals surface area contributed by atoms with Crippen molar-refractivity contribution >= 4 is 15.9 Å². The van der Waals surface area contributed by atoms with Crippen LogP contribution in [0.5, 0.6) is 5.75 Å². The number of hydrogen-bond acceptors (Lipinski definition) is 3. The highest BCUT2D eigenvalue weighted by molar-refractivity contribution is 9.10. The third-order valence-corrected chi connectivity index (χ3v) is 5.50. The van der Waals surface area contributed by atoms with E-state index in [9.17, 15) is 0 Å². The number of hydrogen-bond donors (Lipinski definition) is 1. The Bertz CT molecular complexity index is 544. The minimum atomic E-state index is 0.622. The number of likely N-dealkylation sites (tertiary alicyclic amines) is 1. The van der Waals surface area contributed by atoms with Gasteiger partial charge in [-0.15, -0.1) is 0 Å². The maximum atomic E-state index is 5.82. The SMILES string of the molecule is CC1CC(NCc2cc(Br)cc3c2OCC3)CN1C1CC1. The summed E-state index contributed by atoms with van der Waals surface area (Å²) in [7, 11) is 0. The number of halogens is 1. The molecule has 2 aliphatic heterocycles. The summed E-state index contributed by atoms with van der Waals surface area (Å²) in [5, 5.41) is 3.76. The first-order chi connectivity index (χ1) is 10.2.